The zero-order chi connectivity index (χ0) is 22.3. The van der Waals surface area contributed by atoms with Gasteiger partial charge in [0.2, 0.25) is 0 Å². The van der Waals surface area contributed by atoms with Gasteiger partial charge in [-0.15, -0.1) is 0 Å². The normalized spacial score (nSPS) is 35.2. The number of rotatable bonds is 1. The van der Waals surface area contributed by atoms with Crippen molar-refractivity contribution < 1.29 is 14.6 Å². The van der Waals surface area contributed by atoms with Crippen LogP contribution in [0.4, 0.5) is 4.79 Å². The summed E-state index contributed by atoms with van der Waals surface area (Å²) in [5.41, 5.74) is 3.12. The maximum absolute atomic E-state index is 12.8. The van der Waals surface area contributed by atoms with E-state index in [0.717, 1.165) is 37.9 Å². The fourth-order valence-electron chi connectivity index (χ4n) is 7.23. The van der Waals surface area contributed by atoms with Gasteiger partial charge in [0.25, 0.3) is 0 Å². The van der Waals surface area contributed by atoms with Crippen LogP contribution in [0.5, 0.6) is 0 Å². The van der Waals surface area contributed by atoms with Crippen LogP contribution in [0, 0.1) is 23.2 Å². The molecule has 1 amide bonds. The van der Waals surface area contributed by atoms with Gasteiger partial charge < -0.3 is 19.3 Å². The first kappa shape index (κ1) is 20.3. The molecule has 1 aromatic carbocycles. The van der Waals surface area contributed by atoms with Gasteiger partial charge in [-0.25, -0.2) is 9.78 Å². The highest BCUT2D eigenvalue weighted by Crippen LogP contribution is 2.64. The lowest BCUT2D eigenvalue weighted by molar-refractivity contribution is -0.182. The van der Waals surface area contributed by atoms with E-state index in [-0.39, 0.29) is 29.6 Å². The van der Waals surface area contributed by atoms with Crippen LogP contribution in [0.15, 0.2) is 36.8 Å². The minimum absolute atomic E-state index is 0.0807. The van der Waals surface area contributed by atoms with Gasteiger partial charge in [0, 0.05) is 30.0 Å². The molecule has 2 saturated carbocycles. The van der Waals surface area contributed by atoms with Crippen LogP contribution in [0.3, 0.4) is 0 Å². The van der Waals surface area contributed by atoms with Crippen molar-refractivity contribution >= 4 is 6.09 Å². The lowest BCUT2D eigenvalue weighted by Gasteiger charge is -2.60. The summed E-state index contributed by atoms with van der Waals surface area (Å²) in [5, 5.41) is 11.7. The molecule has 6 heteroatoms. The summed E-state index contributed by atoms with van der Waals surface area (Å²) in [6, 6.07) is 8.68. The maximum atomic E-state index is 12.8. The first-order valence-corrected chi connectivity index (χ1v) is 12.0. The highest BCUT2D eigenvalue weighted by molar-refractivity contribution is 5.69. The molecule has 2 unspecified atom stereocenters. The molecule has 170 valence electrons. The number of benzene rings is 1. The minimum atomic E-state index is -0.487. The molecule has 0 radical (unpaired) electrons. The number of carbonyl (C=O) groups excluding carboxylic acids is 1. The van der Waals surface area contributed by atoms with Gasteiger partial charge in [-0.2, -0.15) is 0 Å². The molecular formula is C26H33N3O3. The molecule has 2 aromatic rings. The Balaban J connectivity index is 1.26. The topological polar surface area (TPSA) is 67.6 Å². The predicted molar refractivity (Wildman–Crippen MR) is 121 cm³/mol. The summed E-state index contributed by atoms with van der Waals surface area (Å²) in [4.78, 5) is 19.1. The molecule has 6 nitrogen and oxygen atoms in total. The minimum Gasteiger partial charge on any atom is -0.444 e. The van der Waals surface area contributed by atoms with E-state index in [0.29, 0.717) is 18.4 Å². The van der Waals surface area contributed by atoms with Crippen molar-refractivity contribution in [3.05, 3.63) is 42.4 Å². The van der Waals surface area contributed by atoms with Crippen LogP contribution in [0.1, 0.15) is 58.1 Å². The number of aliphatic hydroxyl groups is 1. The fraction of sp³-hybridized carbons (Fsp3) is 0.615. The van der Waals surface area contributed by atoms with Crippen molar-refractivity contribution in [3.8, 4) is 11.3 Å². The van der Waals surface area contributed by atoms with Crippen LogP contribution in [-0.4, -0.2) is 50.4 Å². The number of aromatic nitrogens is 2. The van der Waals surface area contributed by atoms with E-state index in [2.05, 4.69) is 33.8 Å². The lowest BCUT2D eigenvalue weighted by atomic mass is 9.46. The predicted octanol–water partition coefficient (Wildman–Crippen LogP) is 4.49. The van der Waals surface area contributed by atoms with E-state index >= 15 is 0 Å². The number of imidazole rings is 1. The molecule has 3 aliphatic heterocycles. The standard InChI is InChI=1S/C26H33N3O3/c1-25(2,3)32-24(31)28-13-16-8-9-17(14-28)26(10-16)11-20(23(26)30)22-19-7-5-4-6-18(19)21-12-27-15-29(21)22/h4-7,12,15-17,20,22-23,30H,8-11,13-14H2,1-3H3/t16-,17?,20-,22+,23-,26?/m0/s1. The van der Waals surface area contributed by atoms with Gasteiger partial charge in [0.05, 0.1) is 30.4 Å². The fourth-order valence-corrected chi connectivity index (χ4v) is 7.23. The average Bonchev–Trinajstić information content (AvgIpc) is 3.20. The highest BCUT2D eigenvalue weighted by atomic mass is 16.6. The zero-order valence-corrected chi connectivity index (χ0v) is 19.2. The molecule has 4 fully saturated rings. The molecule has 4 heterocycles. The molecule has 1 spiro atoms. The van der Waals surface area contributed by atoms with Crippen LogP contribution < -0.4 is 0 Å². The number of carbonyl (C=O) groups is 1. The Morgan fingerprint density at radius 1 is 1.19 bits per heavy atom. The van der Waals surface area contributed by atoms with Crippen molar-refractivity contribution in [2.45, 2.75) is 64.2 Å². The summed E-state index contributed by atoms with van der Waals surface area (Å²) in [6.45, 7) is 7.21. The molecule has 2 aliphatic carbocycles. The summed E-state index contributed by atoms with van der Waals surface area (Å²) in [5.74, 6) is 0.955. The molecule has 32 heavy (non-hydrogen) atoms. The van der Waals surface area contributed by atoms with Crippen LogP contribution >= 0.6 is 0 Å². The Kier molecular flexibility index (Phi) is 4.33. The van der Waals surface area contributed by atoms with E-state index in [1.54, 1.807) is 0 Å². The smallest absolute Gasteiger partial charge is 0.410 e. The van der Waals surface area contributed by atoms with E-state index in [1.807, 2.05) is 38.2 Å². The molecular weight excluding hydrogens is 402 g/mol. The van der Waals surface area contributed by atoms with Crippen LogP contribution in [0.25, 0.3) is 11.3 Å². The lowest BCUT2D eigenvalue weighted by Crippen LogP contribution is -2.61. The Morgan fingerprint density at radius 2 is 2.00 bits per heavy atom. The first-order valence-electron chi connectivity index (χ1n) is 12.0. The second-order valence-corrected chi connectivity index (χ2v) is 11.5. The number of ether oxygens (including phenoxy) is 1. The monoisotopic (exact) mass is 435 g/mol. The second kappa shape index (κ2) is 6.83. The highest BCUT2D eigenvalue weighted by Gasteiger charge is 2.63. The quantitative estimate of drug-likeness (QED) is 0.717. The summed E-state index contributed by atoms with van der Waals surface area (Å²) in [6.07, 6.45) is 7.54. The van der Waals surface area contributed by atoms with Crippen molar-refractivity contribution in [1.82, 2.24) is 14.5 Å². The van der Waals surface area contributed by atoms with Gasteiger partial charge in [-0.1, -0.05) is 24.3 Å². The summed E-state index contributed by atoms with van der Waals surface area (Å²) in [7, 11) is 0. The van der Waals surface area contributed by atoms with E-state index in [4.69, 9.17) is 4.74 Å². The molecule has 1 N–H and O–H groups in total. The zero-order valence-electron chi connectivity index (χ0n) is 19.2. The van der Waals surface area contributed by atoms with Gasteiger partial charge in [-0.3, -0.25) is 0 Å². The van der Waals surface area contributed by atoms with Crippen LogP contribution in [-0.2, 0) is 4.74 Å². The third-order valence-corrected chi connectivity index (χ3v) is 8.51. The van der Waals surface area contributed by atoms with E-state index < -0.39 is 5.60 Å². The average molecular weight is 436 g/mol. The number of amides is 1. The Labute approximate surface area is 189 Å². The first-order chi connectivity index (χ1) is 15.3. The Morgan fingerprint density at radius 3 is 2.78 bits per heavy atom. The molecule has 5 aliphatic rings. The van der Waals surface area contributed by atoms with Gasteiger partial charge in [0.1, 0.15) is 5.60 Å². The van der Waals surface area contributed by atoms with Crippen molar-refractivity contribution in [3.63, 3.8) is 0 Å². The molecule has 2 bridgehead atoms. The molecule has 6 atom stereocenters. The van der Waals surface area contributed by atoms with Gasteiger partial charge in [-0.05, 0) is 63.9 Å². The van der Waals surface area contributed by atoms with Crippen LogP contribution in [0.2, 0.25) is 0 Å². The number of hydrogen-bond donors (Lipinski definition) is 1. The molecule has 7 rings (SSSR count). The third kappa shape index (κ3) is 2.88. The Hall–Kier alpha value is -2.34. The molecule has 2 saturated heterocycles. The van der Waals surface area contributed by atoms with E-state index in [9.17, 15) is 9.90 Å². The molecule has 1 aromatic heterocycles. The Bertz CT molecular complexity index is 1060. The van der Waals surface area contributed by atoms with Crippen molar-refractivity contribution in [2.24, 2.45) is 23.2 Å². The maximum Gasteiger partial charge on any atom is 0.410 e. The number of fused-ring (bicyclic) bond motifs is 6. The summed E-state index contributed by atoms with van der Waals surface area (Å²) < 4.78 is 7.95. The number of nitrogens with zero attached hydrogens (tertiary/aromatic N) is 3. The largest absolute Gasteiger partial charge is 0.444 e. The third-order valence-electron chi connectivity index (χ3n) is 8.51. The van der Waals surface area contributed by atoms with Crippen molar-refractivity contribution in [1.29, 1.82) is 0 Å². The summed E-state index contributed by atoms with van der Waals surface area (Å²) >= 11 is 0. The van der Waals surface area contributed by atoms with Gasteiger partial charge >= 0.3 is 6.09 Å². The SMILES string of the molecule is CC(C)(C)OC(=O)N1CC2CC[C@H](C1)CC21C[C@@H]([C@H]2c3ccccc3-c3cncn32)[C@@H]1O. The number of aliphatic hydroxyl groups excluding tert-OH is 1. The van der Waals surface area contributed by atoms with E-state index in [1.165, 1.54) is 11.1 Å². The van der Waals surface area contributed by atoms with Crippen molar-refractivity contribution in [2.75, 3.05) is 13.1 Å². The second-order valence-electron chi connectivity index (χ2n) is 11.5. The van der Waals surface area contributed by atoms with Gasteiger partial charge in [0.15, 0.2) is 0 Å². The number of hydrogen-bond acceptors (Lipinski definition) is 4.